The summed E-state index contributed by atoms with van der Waals surface area (Å²) in [5.74, 6) is 0.745. The second-order valence-electron chi connectivity index (χ2n) is 7.30. The summed E-state index contributed by atoms with van der Waals surface area (Å²) in [5.41, 5.74) is 0. The fourth-order valence-corrected chi connectivity index (χ4v) is 3.60. The Kier molecular flexibility index (Phi) is 8.75. The lowest BCUT2D eigenvalue weighted by Crippen LogP contribution is -2.47. The van der Waals surface area contributed by atoms with Gasteiger partial charge in [0.15, 0.2) is 0 Å². The van der Waals surface area contributed by atoms with Gasteiger partial charge in [0, 0.05) is 13.2 Å². The summed E-state index contributed by atoms with van der Waals surface area (Å²) in [5, 5.41) is 3.57. The molecule has 0 amide bonds. The van der Waals surface area contributed by atoms with Gasteiger partial charge in [-0.2, -0.15) is 0 Å². The third-order valence-corrected chi connectivity index (χ3v) is 4.97. The number of nitrogens with zero attached hydrogens (tertiary/aromatic N) is 2. The molecule has 4 nitrogen and oxygen atoms in total. The highest BCUT2D eigenvalue weighted by Crippen LogP contribution is 2.21. The van der Waals surface area contributed by atoms with Crippen molar-refractivity contribution in [2.75, 3.05) is 52.5 Å². The molecule has 2 aliphatic heterocycles. The normalized spacial score (nSPS) is 20.7. The first-order valence-electron chi connectivity index (χ1n) is 9.54. The topological polar surface area (TPSA) is 27.7 Å². The van der Waals surface area contributed by atoms with Gasteiger partial charge < -0.3 is 10.1 Å². The van der Waals surface area contributed by atoms with Crippen LogP contribution in [-0.2, 0) is 4.74 Å². The summed E-state index contributed by atoms with van der Waals surface area (Å²) < 4.78 is 5.67. The Morgan fingerprint density at radius 2 is 1.41 bits per heavy atom. The van der Waals surface area contributed by atoms with Crippen molar-refractivity contribution in [2.45, 2.75) is 58.5 Å². The van der Waals surface area contributed by atoms with E-state index >= 15 is 0 Å². The van der Waals surface area contributed by atoms with Crippen molar-refractivity contribution >= 4 is 0 Å². The number of hydrogen-bond acceptors (Lipinski definition) is 4. The Morgan fingerprint density at radius 3 is 1.95 bits per heavy atom. The first-order valence-corrected chi connectivity index (χ1v) is 9.54. The molecule has 0 aliphatic carbocycles. The van der Waals surface area contributed by atoms with Crippen LogP contribution < -0.4 is 5.32 Å². The monoisotopic (exact) mass is 311 g/mol. The average Bonchev–Trinajstić information content (AvgIpc) is 3.19. The van der Waals surface area contributed by atoms with Gasteiger partial charge >= 0.3 is 0 Å². The summed E-state index contributed by atoms with van der Waals surface area (Å²) in [6.07, 6.45) is 8.67. The molecule has 2 aliphatic rings. The quantitative estimate of drug-likeness (QED) is 0.594. The molecule has 2 heterocycles. The van der Waals surface area contributed by atoms with Gasteiger partial charge in [-0.1, -0.05) is 13.8 Å². The lowest BCUT2D eigenvalue weighted by molar-refractivity contribution is 0.0709. The maximum absolute atomic E-state index is 5.67. The Labute approximate surface area is 137 Å². The van der Waals surface area contributed by atoms with E-state index in [-0.39, 0.29) is 0 Å². The molecule has 0 radical (unpaired) electrons. The zero-order valence-electron chi connectivity index (χ0n) is 14.9. The number of rotatable bonds is 11. The van der Waals surface area contributed by atoms with Crippen LogP contribution in [0.3, 0.4) is 0 Å². The van der Waals surface area contributed by atoms with Crippen molar-refractivity contribution in [3.05, 3.63) is 0 Å². The molecular formula is C18H37N3O. The van der Waals surface area contributed by atoms with E-state index in [1.165, 1.54) is 64.7 Å². The van der Waals surface area contributed by atoms with E-state index in [0.717, 1.165) is 32.2 Å². The number of nitrogens with one attached hydrogen (secondary N) is 1. The standard InChI is InChI=1S/C18H37N3O/c1-17(2)8-15-22-16-10-19-9-7-18(20-11-3-4-12-20)21-13-5-6-14-21/h17-19H,3-16H2,1-2H3. The Hall–Kier alpha value is -0.160. The van der Waals surface area contributed by atoms with E-state index in [1.54, 1.807) is 0 Å². The number of likely N-dealkylation sites (tertiary alicyclic amines) is 2. The van der Waals surface area contributed by atoms with Gasteiger partial charge in [0.2, 0.25) is 0 Å². The highest BCUT2D eigenvalue weighted by atomic mass is 16.5. The zero-order chi connectivity index (χ0) is 15.6. The van der Waals surface area contributed by atoms with Crippen LogP contribution in [0, 0.1) is 5.92 Å². The molecule has 2 saturated heterocycles. The minimum absolute atomic E-state index is 0.680. The molecule has 0 aromatic carbocycles. The van der Waals surface area contributed by atoms with Crippen molar-refractivity contribution in [1.29, 1.82) is 0 Å². The molecule has 0 atom stereocenters. The third kappa shape index (κ3) is 6.53. The molecule has 0 unspecified atom stereocenters. The fourth-order valence-electron chi connectivity index (χ4n) is 3.60. The van der Waals surface area contributed by atoms with Crippen molar-refractivity contribution in [1.82, 2.24) is 15.1 Å². The van der Waals surface area contributed by atoms with Crippen LogP contribution in [0.5, 0.6) is 0 Å². The number of hydrogen-bond donors (Lipinski definition) is 1. The zero-order valence-corrected chi connectivity index (χ0v) is 14.9. The second kappa shape index (κ2) is 10.6. The summed E-state index contributed by atoms with van der Waals surface area (Å²) >= 11 is 0. The minimum atomic E-state index is 0.680. The van der Waals surface area contributed by atoms with Crippen LogP contribution in [0.2, 0.25) is 0 Å². The van der Waals surface area contributed by atoms with E-state index in [2.05, 4.69) is 29.0 Å². The van der Waals surface area contributed by atoms with Crippen LogP contribution in [0.15, 0.2) is 0 Å². The van der Waals surface area contributed by atoms with Crippen molar-refractivity contribution in [3.63, 3.8) is 0 Å². The molecule has 0 spiro atoms. The van der Waals surface area contributed by atoms with Gasteiger partial charge in [0.25, 0.3) is 0 Å². The van der Waals surface area contributed by atoms with Crippen LogP contribution >= 0.6 is 0 Å². The second-order valence-corrected chi connectivity index (χ2v) is 7.30. The van der Waals surface area contributed by atoms with Crippen molar-refractivity contribution in [2.24, 2.45) is 5.92 Å². The van der Waals surface area contributed by atoms with E-state index in [4.69, 9.17) is 4.74 Å². The van der Waals surface area contributed by atoms with Gasteiger partial charge in [0.05, 0.1) is 12.8 Å². The molecule has 4 heteroatoms. The maximum Gasteiger partial charge on any atom is 0.0634 e. The molecule has 0 saturated carbocycles. The molecule has 2 rings (SSSR count). The van der Waals surface area contributed by atoms with Crippen LogP contribution in [0.1, 0.15) is 52.4 Å². The SMILES string of the molecule is CC(C)CCOCCNCCC(N1CCCC1)N1CCCC1. The lowest BCUT2D eigenvalue weighted by Gasteiger charge is -2.35. The lowest BCUT2D eigenvalue weighted by atomic mass is 10.1. The Morgan fingerprint density at radius 1 is 0.818 bits per heavy atom. The molecule has 2 fully saturated rings. The van der Waals surface area contributed by atoms with Gasteiger partial charge in [-0.25, -0.2) is 0 Å². The first-order chi connectivity index (χ1) is 10.8. The largest absolute Gasteiger partial charge is 0.380 e. The number of ether oxygens (including phenoxy) is 1. The van der Waals surface area contributed by atoms with Crippen LogP contribution in [-0.4, -0.2) is 68.4 Å². The molecule has 1 N–H and O–H groups in total. The van der Waals surface area contributed by atoms with E-state index < -0.39 is 0 Å². The molecule has 0 bridgehead atoms. The van der Waals surface area contributed by atoms with Gasteiger partial charge in [-0.15, -0.1) is 0 Å². The minimum Gasteiger partial charge on any atom is -0.380 e. The van der Waals surface area contributed by atoms with Crippen LogP contribution in [0.25, 0.3) is 0 Å². The van der Waals surface area contributed by atoms with Crippen molar-refractivity contribution in [3.8, 4) is 0 Å². The smallest absolute Gasteiger partial charge is 0.0634 e. The first kappa shape index (κ1) is 18.2. The van der Waals surface area contributed by atoms with E-state index in [1.807, 2.05) is 0 Å². The third-order valence-electron chi connectivity index (χ3n) is 4.97. The highest BCUT2D eigenvalue weighted by Gasteiger charge is 2.28. The molecule has 0 aromatic heterocycles. The van der Waals surface area contributed by atoms with Gasteiger partial charge in [-0.05, 0) is 77.2 Å². The average molecular weight is 312 g/mol. The van der Waals surface area contributed by atoms with Crippen LogP contribution in [0.4, 0.5) is 0 Å². The summed E-state index contributed by atoms with van der Waals surface area (Å²) in [6.45, 7) is 13.6. The molecule has 130 valence electrons. The Bertz CT molecular complexity index is 258. The maximum atomic E-state index is 5.67. The highest BCUT2D eigenvalue weighted by molar-refractivity contribution is 4.81. The fraction of sp³-hybridized carbons (Fsp3) is 1.00. The Balaban J connectivity index is 1.56. The molecular weight excluding hydrogens is 274 g/mol. The summed E-state index contributed by atoms with van der Waals surface area (Å²) in [6, 6.07) is 0. The predicted molar refractivity (Wildman–Crippen MR) is 93.2 cm³/mol. The van der Waals surface area contributed by atoms with E-state index in [0.29, 0.717) is 6.17 Å². The summed E-state index contributed by atoms with van der Waals surface area (Å²) in [4.78, 5) is 5.43. The molecule has 22 heavy (non-hydrogen) atoms. The van der Waals surface area contributed by atoms with E-state index in [9.17, 15) is 0 Å². The van der Waals surface area contributed by atoms with Gasteiger partial charge in [0.1, 0.15) is 0 Å². The van der Waals surface area contributed by atoms with Gasteiger partial charge in [-0.3, -0.25) is 9.80 Å². The van der Waals surface area contributed by atoms with Crippen molar-refractivity contribution < 1.29 is 4.74 Å². The summed E-state index contributed by atoms with van der Waals surface area (Å²) in [7, 11) is 0. The predicted octanol–water partition coefficient (Wildman–Crippen LogP) is 2.55. The molecule has 0 aromatic rings.